The average molecular weight is 319 g/mol. The van der Waals surface area contributed by atoms with E-state index < -0.39 is 15.8 Å². The normalized spacial score (nSPS) is 11.2. The lowest BCUT2D eigenvalue weighted by Gasteiger charge is -2.08. The Morgan fingerprint density at radius 2 is 2.10 bits per heavy atom. The van der Waals surface area contributed by atoms with Crippen LogP contribution in [0.5, 0.6) is 5.75 Å². The lowest BCUT2D eigenvalue weighted by molar-refractivity contribution is -0.143. The predicted molar refractivity (Wildman–Crippen MR) is 74.0 cm³/mol. The number of nitrogens with one attached hydrogen (secondary N) is 1. The Balaban J connectivity index is 2.58. The van der Waals surface area contributed by atoms with Gasteiger partial charge in [0.25, 0.3) is 0 Å². The maximum absolute atomic E-state index is 13.5. The summed E-state index contributed by atoms with van der Waals surface area (Å²) in [4.78, 5) is 10.9. The van der Waals surface area contributed by atoms with Gasteiger partial charge in [-0.2, -0.15) is 0 Å². The fourth-order valence-electron chi connectivity index (χ4n) is 1.57. The van der Waals surface area contributed by atoms with Crippen molar-refractivity contribution in [3.8, 4) is 5.75 Å². The maximum atomic E-state index is 13.5. The van der Waals surface area contributed by atoms with Crippen molar-refractivity contribution in [2.24, 2.45) is 0 Å². The van der Waals surface area contributed by atoms with Crippen LogP contribution in [0.2, 0.25) is 0 Å². The highest BCUT2D eigenvalue weighted by Gasteiger charge is 2.16. The van der Waals surface area contributed by atoms with Crippen molar-refractivity contribution in [1.29, 1.82) is 0 Å². The Morgan fingerprint density at radius 3 is 2.67 bits per heavy atom. The molecule has 0 spiro atoms. The minimum Gasteiger partial charge on any atom is -0.494 e. The molecule has 0 heterocycles. The first kappa shape index (κ1) is 17.4. The summed E-state index contributed by atoms with van der Waals surface area (Å²) >= 11 is 0. The molecule has 0 bridgehead atoms. The zero-order valence-corrected chi connectivity index (χ0v) is 12.7. The van der Waals surface area contributed by atoms with E-state index in [2.05, 4.69) is 4.72 Å². The topological polar surface area (TPSA) is 81.7 Å². The molecule has 1 rings (SSSR count). The Kier molecular flexibility index (Phi) is 6.57. The summed E-state index contributed by atoms with van der Waals surface area (Å²) in [6.07, 6.45) is 0.421. The van der Waals surface area contributed by atoms with E-state index in [-0.39, 0.29) is 36.2 Å². The van der Waals surface area contributed by atoms with Crippen molar-refractivity contribution in [3.05, 3.63) is 24.0 Å². The number of sulfonamides is 1. The third kappa shape index (κ3) is 5.31. The molecule has 0 aliphatic carbocycles. The van der Waals surface area contributed by atoms with Crippen LogP contribution in [0, 0.1) is 5.82 Å². The molecule has 0 saturated heterocycles. The molecule has 21 heavy (non-hydrogen) atoms. The summed E-state index contributed by atoms with van der Waals surface area (Å²) in [5, 5.41) is 0. The van der Waals surface area contributed by atoms with Crippen molar-refractivity contribution in [2.45, 2.75) is 24.7 Å². The largest absolute Gasteiger partial charge is 0.494 e. The molecule has 118 valence electrons. The van der Waals surface area contributed by atoms with Crippen LogP contribution in [-0.4, -0.2) is 34.6 Å². The predicted octanol–water partition coefficient (Wildman–Crippen LogP) is 1.46. The van der Waals surface area contributed by atoms with E-state index in [1.54, 1.807) is 6.92 Å². The molecule has 0 atom stereocenters. The van der Waals surface area contributed by atoms with E-state index in [1.165, 1.54) is 19.2 Å². The molecule has 8 heteroatoms. The summed E-state index contributed by atoms with van der Waals surface area (Å²) < 4.78 is 49.1. The third-order valence-electron chi connectivity index (χ3n) is 2.59. The van der Waals surface area contributed by atoms with Gasteiger partial charge in [0.15, 0.2) is 11.6 Å². The highest BCUT2D eigenvalue weighted by molar-refractivity contribution is 7.89. The van der Waals surface area contributed by atoms with E-state index >= 15 is 0 Å². The highest BCUT2D eigenvalue weighted by Crippen LogP contribution is 2.20. The first-order valence-electron chi connectivity index (χ1n) is 6.39. The van der Waals surface area contributed by atoms with Crippen LogP contribution in [0.25, 0.3) is 0 Å². The number of hydrogen-bond donors (Lipinski definition) is 1. The number of ether oxygens (including phenoxy) is 2. The van der Waals surface area contributed by atoms with Gasteiger partial charge in [-0.1, -0.05) is 0 Å². The minimum atomic E-state index is -3.82. The number of halogens is 1. The van der Waals surface area contributed by atoms with Crippen molar-refractivity contribution in [1.82, 2.24) is 4.72 Å². The standard InChI is InChI=1S/C13H18FNO5S/c1-3-20-13(16)5-4-8-15-21(17,18)10-6-7-12(19-2)11(14)9-10/h6-7,9,15H,3-5,8H2,1-2H3. The Labute approximate surface area is 123 Å². The maximum Gasteiger partial charge on any atom is 0.305 e. The van der Waals surface area contributed by atoms with Crippen molar-refractivity contribution >= 4 is 16.0 Å². The van der Waals surface area contributed by atoms with E-state index in [9.17, 15) is 17.6 Å². The molecule has 0 aliphatic rings. The molecule has 0 aliphatic heterocycles. The number of benzene rings is 1. The van der Waals surface area contributed by atoms with E-state index in [0.717, 1.165) is 6.07 Å². The van der Waals surface area contributed by atoms with Crippen LogP contribution in [0.1, 0.15) is 19.8 Å². The molecule has 0 aromatic heterocycles. The van der Waals surface area contributed by atoms with Crippen LogP contribution in [-0.2, 0) is 19.6 Å². The minimum absolute atomic E-state index is 0.0312. The Hall–Kier alpha value is -1.67. The van der Waals surface area contributed by atoms with E-state index in [4.69, 9.17) is 9.47 Å². The van der Waals surface area contributed by atoms with E-state index in [0.29, 0.717) is 6.42 Å². The van der Waals surface area contributed by atoms with Gasteiger partial charge in [0, 0.05) is 13.0 Å². The first-order valence-corrected chi connectivity index (χ1v) is 7.88. The van der Waals surface area contributed by atoms with Gasteiger partial charge in [-0.15, -0.1) is 0 Å². The molecular weight excluding hydrogens is 301 g/mol. The molecule has 1 aromatic carbocycles. The first-order chi connectivity index (χ1) is 9.90. The monoisotopic (exact) mass is 319 g/mol. The number of rotatable bonds is 8. The molecule has 0 radical (unpaired) electrons. The lowest BCUT2D eigenvalue weighted by Crippen LogP contribution is -2.25. The number of hydrogen-bond acceptors (Lipinski definition) is 5. The zero-order chi connectivity index (χ0) is 15.9. The van der Waals surface area contributed by atoms with Gasteiger partial charge in [-0.3, -0.25) is 4.79 Å². The van der Waals surface area contributed by atoms with Gasteiger partial charge in [0.1, 0.15) is 0 Å². The summed E-state index contributed by atoms with van der Waals surface area (Å²) in [6.45, 7) is 2.04. The number of carbonyl (C=O) groups excluding carboxylic acids is 1. The van der Waals surface area contributed by atoms with Gasteiger partial charge < -0.3 is 9.47 Å². The second kappa shape index (κ2) is 7.94. The average Bonchev–Trinajstić information content (AvgIpc) is 2.44. The van der Waals surface area contributed by atoms with Gasteiger partial charge >= 0.3 is 5.97 Å². The van der Waals surface area contributed by atoms with Crippen molar-refractivity contribution in [3.63, 3.8) is 0 Å². The second-order valence-electron chi connectivity index (χ2n) is 4.10. The zero-order valence-electron chi connectivity index (χ0n) is 11.9. The number of methoxy groups -OCH3 is 1. The van der Waals surface area contributed by atoms with Crippen molar-refractivity contribution < 1.29 is 27.1 Å². The Bertz CT molecular complexity index is 588. The van der Waals surface area contributed by atoms with E-state index in [1.807, 2.05) is 0 Å². The summed E-state index contributed by atoms with van der Waals surface area (Å²) in [6, 6.07) is 3.37. The van der Waals surface area contributed by atoms with Gasteiger partial charge in [-0.25, -0.2) is 17.5 Å². The van der Waals surface area contributed by atoms with Crippen LogP contribution in [0.15, 0.2) is 23.1 Å². The molecule has 6 nitrogen and oxygen atoms in total. The molecule has 0 fully saturated rings. The molecular formula is C13H18FNO5S. The number of esters is 1. The fourth-order valence-corrected chi connectivity index (χ4v) is 2.66. The SMILES string of the molecule is CCOC(=O)CCCNS(=O)(=O)c1ccc(OC)c(F)c1. The third-order valence-corrected chi connectivity index (χ3v) is 4.05. The van der Waals surface area contributed by atoms with Gasteiger partial charge in [0.2, 0.25) is 10.0 Å². The molecule has 0 amide bonds. The van der Waals surface area contributed by atoms with Crippen molar-refractivity contribution in [2.75, 3.05) is 20.3 Å². The second-order valence-corrected chi connectivity index (χ2v) is 5.87. The van der Waals surface area contributed by atoms with Crippen LogP contribution < -0.4 is 9.46 Å². The fraction of sp³-hybridized carbons (Fsp3) is 0.462. The lowest BCUT2D eigenvalue weighted by atomic mass is 10.3. The quantitative estimate of drug-likeness (QED) is 0.579. The van der Waals surface area contributed by atoms with Gasteiger partial charge in [-0.05, 0) is 31.5 Å². The Morgan fingerprint density at radius 1 is 1.38 bits per heavy atom. The number of carbonyl (C=O) groups is 1. The summed E-state index contributed by atoms with van der Waals surface area (Å²) in [7, 11) is -2.52. The van der Waals surface area contributed by atoms with Crippen LogP contribution >= 0.6 is 0 Å². The molecule has 0 unspecified atom stereocenters. The molecule has 0 saturated carbocycles. The summed E-state index contributed by atoms with van der Waals surface area (Å²) in [5.74, 6) is -1.17. The molecule has 1 N–H and O–H groups in total. The van der Waals surface area contributed by atoms with Gasteiger partial charge in [0.05, 0.1) is 18.6 Å². The molecule has 1 aromatic rings. The van der Waals surface area contributed by atoms with Crippen LogP contribution in [0.3, 0.4) is 0 Å². The smallest absolute Gasteiger partial charge is 0.305 e. The highest BCUT2D eigenvalue weighted by atomic mass is 32.2. The summed E-state index contributed by atoms with van der Waals surface area (Å²) in [5.41, 5.74) is 0. The van der Waals surface area contributed by atoms with Crippen LogP contribution in [0.4, 0.5) is 4.39 Å².